The number of hydrogen-bond acceptors (Lipinski definition) is 3. The van der Waals surface area contributed by atoms with E-state index in [0.717, 1.165) is 19.5 Å². The van der Waals surface area contributed by atoms with Crippen LogP contribution in [-0.2, 0) is 11.2 Å². The van der Waals surface area contributed by atoms with Crippen molar-refractivity contribution in [1.82, 2.24) is 5.32 Å². The molecule has 0 aromatic carbocycles. The van der Waals surface area contributed by atoms with Crippen LogP contribution in [0, 0.1) is 0 Å². The van der Waals surface area contributed by atoms with Gasteiger partial charge >= 0.3 is 0 Å². The van der Waals surface area contributed by atoms with E-state index < -0.39 is 0 Å². The normalized spacial score (nSPS) is 27.8. The first kappa shape index (κ1) is 10.1. The van der Waals surface area contributed by atoms with Crippen molar-refractivity contribution < 1.29 is 4.74 Å². The summed E-state index contributed by atoms with van der Waals surface area (Å²) in [5, 5.41) is 7.77. The number of piperidine rings is 1. The monoisotopic (exact) mass is 211 g/mol. The number of ether oxygens (including phenoxy) is 1. The minimum Gasteiger partial charge on any atom is -0.377 e. The molecule has 1 aromatic rings. The Labute approximate surface area is 89.3 Å². The zero-order valence-electron chi connectivity index (χ0n) is 8.58. The van der Waals surface area contributed by atoms with E-state index in [1.54, 1.807) is 11.3 Å². The highest BCUT2D eigenvalue weighted by Gasteiger charge is 2.31. The predicted octanol–water partition coefficient (Wildman–Crippen LogP) is 2.06. The molecule has 1 N–H and O–H groups in total. The van der Waals surface area contributed by atoms with E-state index in [4.69, 9.17) is 4.74 Å². The van der Waals surface area contributed by atoms with Crippen molar-refractivity contribution in [2.75, 3.05) is 20.2 Å². The molecule has 1 aliphatic heterocycles. The summed E-state index contributed by atoms with van der Waals surface area (Å²) >= 11 is 1.76. The lowest BCUT2D eigenvalue weighted by molar-refractivity contribution is -0.0277. The molecule has 2 heterocycles. The number of hydrogen-bond donors (Lipinski definition) is 1. The van der Waals surface area contributed by atoms with Gasteiger partial charge in [0.2, 0.25) is 0 Å². The summed E-state index contributed by atoms with van der Waals surface area (Å²) in [4.78, 5) is 0. The molecule has 0 radical (unpaired) electrons. The number of nitrogens with one attached hydrogen (secondary N) is 1. The molecule has 0 bridgehead atoms. The molecule has 0 saturated carbocycles. The lowest BCUT2D eigenvalue weighted by Gasteiger charge is -2.36. The van der Waals surface area contributed by atoms with E-state index >= 15 is 0 Å². The highest BCUT2D eigenvalue weighted by molar-refractivity contribution is 7.07. The molecule has 78 valence electrons. The van der Waals surface area contributed by atoms with Gasteiger partial charge in [-0.2, -0.15) is 11.3 Å². The van der Waals surface area contributed by atoms with Gasteiger partial charge in [-0.25, -0.2) is 0 Å². The second-order valence-electron chi connectivity index (χ2n) is 3.98. The molecule has 2 nitrogen and oxygen atoms in total. The molecular weight excluding hydrogens is 194 g/mol. The quantitative estimate of drug-likeness (QED) is 0.826. The summed E-state index contributed by atoms with van der Waals surface area (Å²) in [6.07, 6.45) is 3.43. The van der Waals surface area contributed by atoms with Crippen LogP contribution in [0.25, 0.3) is 0 Å². The van der Waals surface area contributed by atoms with Crippen molar-refractivity contribution in [3.63, 3.8) is 0 Å². The number of rotatable bonds is 3. The Kier molecular flexibility index (Phi) is 3.21. The van der Waals surface area contributed by atoms with Gasteiger partial charge in [-0.15, -0.1) is 0 Å². The van der Waals surface area contributed by atoms with Gasteiger partial charge in [-0.1, -0.05) is 0 Å². The molecule has 14 heavy (non-hydrogen) atoms. The molecule has 0 spiro atoms. The van der Waals surface area contributed by atoms with Crippen molar-refractivity contribution in [3.05, 3.63) is 22.4 Å². The lowest BCUT2D eigenvalue weighted by Crippen LogP contribution is -2.48. The molecule has 1 aliphatic rings. The van der Waals surface area contributed by atoms with Crippen molar-refractivity contribution in [3.8, 4) is 0 Å². The van der Waals surface area contributed by atoms with Crippen LogP contribution in [0.1, 0.15) is 18.4 Å². The Hall–Kier alpha value is -0.380. The van der Waals surface area contributed by atoms with Gasteiger partial charge < -0.3 is 10.1 Å². The van der Waals surface area contributed by atoms with Crippen molar-refractivity contribution in [1.29, 1.82) is 0 Å². The third-order valence-electron chi connectivity index (χ3n) is 2.97. The second-order valence-corrected chi connectivity index (χ2v) is 4.76. The van der Waals surface area contributed by atoms with E-state index in [9.17, 15) is 0 Å². The van der Waals surface area contributed by atoms with E-state index in [1.165, 1.54) is 18.4 Å². The van der Waals surface area contributed by atoms with Crippen molar-refractivity contribution >= 4 is 11.3 Å². The van der Waals surface area contributed by atoms with Crippen LogP contribution in [0.15, 0.2) is 16.8 Å². The summed E-state index contributed by atoms with van der Waals surface area (Å²) in [5.74, 6) is 0. The molecule has 1 saturated heterocycles. The first-order valence-corrected chi connectivity index (χ1v) is 6.06. The van der Waals surface area contributed by atoms with E-state index in [2.05, 4.69) is 22.1 Å². The topological polar surface area (TPSA) is 21.3 Å². The first-order valence-electron chi connectivity index (χ1n) is 5.12. The van der Waals surface area contributed by atoms with E-state index in [-0.39, 0.29) is 5.60 Å². The van der Waals surface area contributed by atoms with Crippen LogP contribution in [0.4, 0.5) is 0 Å². The lowest BCUT2D eigenvalue weighted by atomic mass is 9.88. The van der Waals surface area contributed by atoms with Crippen molar-refractivity contribution in [2.24, 2.45) is 0 Å². The zero-order valence-corrected chi connectivity index (χ0v) is 9.40. The zero-order chi connectivity index (χ0) is 9.86. The summed E-state index contributed by atoms with van der Waals surface area (Å²) in [6, 6.07) is 2.19. The second kappa shape index (κ2) is 4.43. The van der Waals surface area contributed by atoms with Crippen LogP contribution in [0.3, 0.4) is 0 Å². The molecule has 1 unspecified atom stereocenters. The number of thiophene rings is 1. The SMILES string of the molecule is COC1(Cc2ccsc2)CCCNC1. The third kappa shape index (κ3) is 2.16. The molecule has 1 fully saturated rings. The predicted molar refractivity (Wildman–Crippen MR) is 59.9 cm³/mol. The molecule has 1 aromatic heterocycles. The summed E-state index contributed by atoms with van der Waals surface area (Å²) in [7, 11) is 1.83. The van der Waals surface area contributed by atoms with E-state index in [1.807, 2.05) is 7.11 Å². The van der Waals surface area contributed by atoms with Crippen LogP contribution in [0.2, 0.25) is 0 Å². The fourth-order valence-corrected chi connectivity index (χ4v) is 2.77. The third-order valence-corrected chi connectivity index (χ3v) is 3.70. The van der Waals surface area contributed by atoms with E-state index in [0.29, 0.717) is 0 Å². The molecule has 0 aliphatic carbocycles. The summed E-state index contributed by atoms with van der Waals surface area (Å²) < 4.78 is 5.69. The Morgan fingerprint density at radius 1 is 1.64 bits per heavy atom. The van der Waals surface area contributed by atoms with Crippen molar-refractivity contribution in [2.45, 2.75) is 24.9 Å². The minimum absolute atomic E-state index is 0.0410. The highest BCUT2D eigenvalue weighted by atomic mass is 32.1. The Morgan fingerprint density at radius 3 is 3.14 bits per heavy atom. The van der Waals surface area contributed by atoms with Crippen LogP contribution < -0.4 is 5.32 Å². The Morgan fingerprint density at radius 2 is 2.57 bits per heavy atom. The fourth-order valence-electron chi connectivity index (χ4n) is 2.10. The van der Waals surface area contributed by atoms with Crippen LogP contribution >= 0.6 is 11.3 Å². The molecule has 3 heteroatoms. The van der Waals surface area contributed by atoms with Gasteiger partial charge in [0, 0.05) is 20.1 Å². The summed E-state index contributed by atoms with van der Waals surface area (Å²) in [6.45, 7) is 2.12. The maximum Gasteiger partial charge on any atom is 0.0843 e. The smallest absolute Gasteiger partial charge is 0.0843 e. The van der Waals surface area contributed by atoms with Gasteiger partial charge in [0.25, 0.3) is 0 Å². The Balaban J connectivity index is 2.04. The average molecular weight is 211 g/mol. The highest BCUT2D eigenvalue weighted by Crippen LogP contribution is 2.25. The van der Waals surface area contributed by atoms with Gasteiger partial charge in [-0.05, 0) is 41.8 Å². The maximum atomic E-state index is 5.69. The van der Waals surface area contributed by atoms with Crippen LogP contribution in [-0.4, -0.2) is 25.8 Å². The fraction of sp³-hybridized carbons (Fsp3) is 0.636. The summed E-state index contributed by atoms with van der Waals surface area (Å²) in [5.41, 5.74) is 1.44. The minimum atomic E-state index is 0.0410. The van der Waals surface area contributed by atoms with Crippen LogP contribution in [0.5, 0.6) is 0 Å². The Bertz CT molecular complexity index is 265. The standard InChI is InChI=1S/C11H17NOS/c1-13-11(4-2-5-12-9-11)7-10-3-6-14-8-10/h3,6,8,12H,2,4-5,7,9H2,1H3. The van der Waals surface area contributed by atoms with Gasteiger partial charge in [0.15, 0.2) is 0 Å². The van der Waals surface area contributed by atoms with Gasteiger partial charge in [0.1, 0.15) is 0 Å². The molecule has 0 amide bonds. The van der Waals surface area contributed by atoms with Gasteiger partial charge in [-0.3, -0.25) is 0 Å². The maximum absolute atomic E-state index is 5.69. The molecule has 1 atom stereocenters. The molecule has 2 rings (SSSR count). The first-order chi connectivity index (χ1) is 6.85. The molecular formula is C11H17NOS. The number of methoxy groups -OCH3 is 1. The largest absolute Gasteiger partial charge is 0.377 e. The average Bonchev–Trinajstić information content (AvgIpc) is 2.72. The van der Waals surface area contributed by atoms with Gasteiger partial charge in [0.05, 0.1) is 5.60 Å².